The molecule has 1 aliphatic heterocycles. The van der Waals surface area contributed by atoms with Crippen molar-refractivity contribution in [1.82, 2.24) is 4.90 Å². The predicted molar refractivity (Wildman–Crippen MR) is 51.5 cm³/mol. The lowest BCUT2D eigenvalue weighted by Crippen LogP contribution is -2.24. The number of likely N-dealkylation sites (tertiary alicyclic amines) is 1. The number of amides is 1. The van der Waals surface area contributed by atoms with Crippen molar-refractivity contribution in [1.29, 1.82) is 0 Å². The van der Waals surface area contributed by atoms with Crippen LogP contribution in [-0.2, 0) is 16.1 Å². The van der Waals surface area contributed by atoms with Gasteiger partial charge >= 0.3 is 0 Å². The molecular weight excluding hydrogens is 178 g/mol. The number of rotatable bonds is 2. The van der Waals surface area contributed by atoms with Gasteiger partial charge in [-0.2, -0.15) is 0 Å². The Labute approximate surface area is 82.3 Å². The minimum Gasteiger partial charge on any atom is -0.331 e. The van der Waals surface area contributed by atoms with E-state index in [2.05, 4.69) is 0 Å². The number of carbonyl (C=O) groups excluding carboxylic acids is 2. The molecule has 0 atom stereocenters. The summed E-state index contributed by atoms with van der Waals surface area (Å²) in [4.78, 5) is 23.9. The molecular formula is C11H11NO2. The van der Waals surface area contributed by atoms with Gasteiger partial charge in [-0.05, 0) is 5.56 Å². The van der Waals surface area contributed by atoms with Crippen LogP contribution in [0.2, 0.25) is 0 Å². The van der Waals surface area contributed by atoms with E-state index in [1.165, 1.54) is 0 Å². The van der Waals surface area contributed by atoms with Crippen LogP contribution < -0.4 is 0 Å². The van der Waals surface area contributed by atoms with E-state index in [-0.39, 0.29) is 24.7 Å². The van der Waals surface area contributed by atoms with Gasteiger partial charge in [0.1, 0.15) is 0 Å². The lowest BCUT2D eigenvalue weighted by molar-refractivity contribution is -0.128. The highest BCUT2D eigenvalue weighted by atomic mass is 16.2. The molecule has 1 heterocycles. The molecule has 0 aromatic heterocycles. The van der Waals surface area contributed by atoms with Gasteiger partial charge in [-0.15, -0.1) is 0 Å². The first kappa shape index (κ1) is 8.94. The van der Waals surface area contributed by atoms with Crippen molar-refractivity contribution in [2.24, 2.45) is 0 Å². The summed E-state index contributed by atoms with van der Waals surface area (Å²) in [6.07, 6.45) is 0.0762. The van der Waals surface area contributed by atoms with Crippen molar-refractivity contribution in [3.05, 3.63) is 35.9 Å². The first-order chi connectivity index (χ1) is 6.75. The number of Topliss-reactive ketones (excluding diaryl/α,β-unsaturated/α-hetero) is 1. The maximum atomic E-state index is 11.3. The van der Waals surface area contributed by atoms with Crippen LogP contribution in [0.1, 0.15) is 12.0 Å². The maximum absolute atomic E-state index is 11.3. The second kappa shape index (κ2) is 3.62. The van der Waals surface area contributed by atoms with Crippen molar-refractivity contribution >= 4 is 11.7 Å². The fourth-order valence-corrected chi connectivity index (χ4v) is 1.59. The Balaban J connectivity index is 2.05. The molecule has 3 heteroatoms. The summed E-state index contributed by atoms with van der Waals surface area (Å²) in [6.45, 7) is 0.819. The monoisotopic (exact) mass is 189 g/mol. The van der Waals surface area contributed by atoms with Crippen molar-refractivity contribution in [2.75, 3.05) is 6.54 Å². The minimum absolute atomic E-state index is 0.0194. The van der Waals surface area contributed by atoms with Gasteiger partial charge in [-0.25, -0.2) is 0 Å². The van der Waals surface area contributed by atoms with Gasteiger partial charge in [-0.3, -0.25) is 9.59 Å². The second-order valence-electron chi connectivity index (χ2n) is 3.45. The number of hydrogen-bond donors (Lipinski definition) is 0. The summed E-state index contributed by atoms with van der Waals surface area (Å²) in [6, 6.07) is 9.70. The number of hydrogen-bond acceptors (Lipinski definition) is 2. The zero-order chi connectivity index (χ0) is 9.97. The first-order valence-electron chi connectivity index (χ1n) is 4.59. The lowest BCUT2D eigenvalue weighted by Gasteiger charge is -2.13. The number of carbonyl (C=O) groups is 2. The largest absolute Gasteiger partial charge is 0.331 e. The third kappa shape index (κ3) is 1.82. The van der Waals surface area contributed by atoms with E-state index in [1.807, 2.05) is 30.3 Å². The summed E-state index contributed by atoms with van der Waals surface area (Å²) >= 11 is 0. The Hall–Kier alpha value is -1.64. The van der Waals surface area contributed by atoms with E-state index < -0.39 is 0 Å². The molecule has 14 heavy (non-hydrogen) atoms. The molecule has 1 aliphatic rings. The number of nitrogens with zero attached hydrogens (tertiary/aromatic N) is 1. The van der Waals surface area contributed by atoms with Crippen molar-refractivity contribution < 1.29 is 9.59 Å². The van der Waals surface area contributed by atoms with Crippen molar-refractivity contribution in [2.45, 2.75) is 13.0 Å². The molecule has 0 aliphatic carbocycles. The number of ketones is 1. The van der Waals surface area contributed by atoms with Gasteiger partial charge in [0, 0.05) is 6.54 Å². The molecule has 72 valence electrons. The Kier molecular flexibility index (Phi) is 2.31. The average Bonchev–Trinajstić information content (AvgIpc) is 2.47. The van der Waals surface area contributed by atoms with Crippen LogP contribution in [0.3, 0.4) is 0 Å². The molecule has 0 bridgehead atoms. The molecule has 1 fully saturated rings. The highest BCUT2D eigenvalue weighted by Gasteiger charge is 2.26. The van der Waals surface area contributed by atoms with E-state index in [0.717, 1.165) is 5.56 Å². The summed E-state index contributed by atoms with van der Waals surface area (Å²) in [5.74, 6) is -0.0372. The van der Waals surface area contributed by atoms with E-state index in [0.29, 0.717) is 6.54 Å². The van der Waals surface area contributed by atoms with Crippen LogP contribution in [0.15, 0.2) is 30.3 Å². The van der Waals surface area contributed by atoms with E-state index in [4.69, 9.17) is 0 Å². The molecule has 0 spiro atoms. The smallest absolute Gasteiger partial charge is 0.230 e. The van der Waals surface area contributed by atoms with E-state index >= 15 is 0 Å². The van der Waals surface area contributed by atoms with Crippen LogP contribution in [0.25, 0.3) is 0 Å². The summed E-state index contributed by atoms with van der Waals surface area (Å²) in [5, 5.41) is 0. The molecule has 1 aromatic carbocycles. The standard InChI is InChI=1S/C11H11NO2/c13-10-6-11(14)12(8-10)7-9-4-2-1-3-5-9/h1-5H,6-8H2. The summed E-state index contributed by atoms with van der Waals surface area (Å²) in [7, 11) is 0. The van der Waals surface area contributed by atoms with Gasteiger partial charge in [0.2, 0.25) is 5.91 Å². The fraction of sp³-hybridized carbons (Fsp3) is 0.273. The molecule has 1 aromatic rings. The Morgan fingerprint density at radius 3 is 2.43 bits per heavy atom. The van der Waals surface area contributed by atoms with Crippen LogP contribution in [0.4, 0.5) is 0 Å². The van der Waals surface area contributed by atoms with Gasteiger partial charge in [-0.1, -0.05) is 30.3 Å². The van der Waals surface area contributed by atoms with Gasteiger partial charge in [0.05, 0.1) is 13.0 Å². The predicted octanol–water partition coefficient (Wildman–Crippen LogP) is 0.988. The highest BCUT2D eigenvalue weighted by Crippen LogP contribution is 2.11. The molecule has 0 radical (unpaired) electrons. The summed E-state index contributed by atoms with van der Waals surface area (Å²) in [5.41, 5.74) is 1.07. The molecule has 3 nitrogen and oxygen atoms in total. The first-order valence-corrected chi connectivity index (χ1v) is 4.59. The fourth-order valence-electron chi connectivity index (χ4n) is 1.59. The Bertz CT molecular complexity index is 359. The van der Waals surface area contributed by atoms with Crippen LogP contribution in [0, 0.1) is 0 Å². The van der Waals surface area contributed by atoms with Gasteiger partial charge in [0.15, 0.2) is 5.78 Å². The Morgan fingerprint density at radius 2 is 1.86 bits per heavy atom. The number of benzene rings is 1. The van der Waals surface area contributed by atoms with Crippen LogP contribution in [-0.4, -0.2) is 23.1 Å². The highest BCUT2D eigenvalue weighted by molar-refractivity contribution is 6.05. The zero-order valence-corrected chi connectivity index (χ0v) is 7.77. The quantitative estimate of drug-likeness (QED) is 0.650. The SMILES string of the molecule is O=C1CC(=O)N(Cc2ccccc2)C1. The molecule has 0 unspecified atom stereocenters. The van der Waals surface area contributed by atoms with E-state index in [1.54, 1.807) is 4.90 Å². The van der Waals surface area contributed by atoms with Gasteiger partial charge in [0.25, 0.3) is 0 Å². The summed E-state index contributed by atoms with van der Waals surface area (Å²) < 4.78 is 0. The van der Waals surface area contributed by atoms with Crippen molar-refractivity contribution in [3.63, 3.8) is 0 Å². The van der Waals surface area contributed by atoms with E-state index in [9.17, 15) is 9.59 Å². The second-order valence-corrected chi connectivity index (χ2v) is 3.45. The third-order valence-corrected chi connectivity index (χ3v) is 2.28. The average molecular weight is 189 g/mol. The topological polar surface area (TPSA) is 37.4 Å². The normalized spacial score (nSPS) is 16.4. The zero-order valence-electron chi connectivity index (χ0n) is 7.77. The molecule has 1 saturated heterocycles. The molecule has 0 saturated carbocycles. The molecule has 1 amide bonds. The lowest BCUT2D eigenvalue weighted by atomic mass is 10.2. The van der Waals surface area contributed by atoms with Crippen LogP contribution in [0.5, 0.6) is 0 Å². The Morgan fingerprint density at radius 1 is 1.14 bits per heavy atom. The third-order valence-electron chi connectivity index (χ3n) is 2.28. The van der Waals surface area contributed by atoms with Gasteiger partial charge < -0.3 is 4.90 Å². The molecule has 2 rings (SSSR count). The minimum atomic E-state index is -0.0566. The molecule has 0 N–H and O–H groups in total. The maximum Gasteiger partial charge on any atom is 0.230 e. The van der Waals surface area contributed by atoms with Crippen molar-refractivity contribution in [3.8, 4) is 0 Å². The van der Waals surface area contributed by atoms with Crippen LogP contribution >= 0.6 is 0 Å².